The largest absolute Gasteiger partial charge is 0.446 e. The van der Waals surface area contributed by atoms with Crippen LogP contribution in [0.2, 0.25) is 0 Å². The second-order valence-electron chi connectivity index (χ2n) is 3.92. The predicted octanol–water partition coefficient (Wildman–Crippen LogP) is 3.24. The third-order valence-corrected chi connectivity index (χ3v) is 3.24. The van der Waals surface area contributed by atoms with E-state index in [4.69, 9.17) is 0 Å². The number of halogens is 3. The van der Waals surface area contributed by atoms with Crippen LogP contribution >= 0.6 is 11.8 Å². The molecule has 8 heteroatoms. The molecule has 0 aliphatic heterocycles. The molecule has 0 spiro atoms. The summed E-state index contributed by atoms with van der Waals surface area (Å²) in [5.74, 6) is -0.771. The lowest BCUT2D eigenvalue weighted by Gasteiger charge is -2.11. The van der Waals surface area contributed by atoms with E-state index in [1.54, 1.807) is 0 Å². The number of rotatable bonds is 3. The predicted molar refractivity (Wildman–Crippen MR) is 73.4 cm³/mol. The molecule has 2 aromatic rings. The van der Waals surface area contributed by atoms with E-state index in [-0.39, 0.29) is 27.9 Å². The summed E-state index contributed by atoms with van der Waals surface area (Å²) in [5, 5.41) is 2.31. The van der Waals surface area contributed by atoms with Crippen LogP contribution in [0.3, 0.4) is 0 Å². The Bertz CT molecular complexity index is 713. The highest BCUT2D eigenvalue weighted by Crippen LogP contribution is 2.40. The zero-order valence-corrected chi connectivity index (χ0v) is 11.2. The molecule has 1 aromatic heterocycles. The topological polar surface area (TPSA) is 62.0 Å². The van der Waals surface area contributed by atoms with E-state index in [0.29, 0.717) is 0 Å². The molecule has 0 aliphatic carbocycles. The normalized spacial score (nSPS) is 11.2. The van der Waals surface area contributed by atoms with Gasteiger partial charge in [-0.05, 0) is 23.9 Å². The molecular formula is C13H9F3N2O2S. The lowest BCUT2D eigenvalue weighted by molar-refractivity contribution is -0.0328. The van der Waals surface area contributed by atoms with Gasteiger partial charge in [0, 0.05) is 23.4 Å². The molecule has 0 aliphatic rings. The number of carbonyl (C=O) groups is 1. The molecule has 2 rings (SSSR count). The van der Waals surface area contributed by atoms with Gasteiger partial charge in [0.15, 0.2) is 5.43 Å². The van der Waals surface area contributed by atoms with E-state index in [0.717, 1.165) is 6.07 Å². The van der Waals surface area contributed by atoms with Crippen molar-refractivity contribution in [1.29, 1.82) is 0 Å². The number of alkyl halides is 3. The van der Waals surface area contributed by atoms with Crippen molar-refractivity contribution in [2.24, 2.45) is 0 Å². The molecule has 0 unspecified atom stereocenters. The average Bonchev–Trinajstić information content (AvgIpc) is 2.40. The fraction of sp³-hybridized carbons (Fsp3) is 0.0769. The van der Waals surface area contributed by atoms with Gasteiger partial charge in [0.1, 0.15) is 5.56 Å². The second-order valence-corrected chi connectivity index (χ2v) is 5.03. The summed E-state index contributed by atoms with van der Waals surface area (Å²) >= 11 is -0.332. The lowest BCUT2D eigenvalue weighted by Crippen LogP contribution is -2.21. The van der Waals surface area contributed by atoms with Gasteiger partial charge in [-0.1, -0.05) is 12.1 Å². The van der Waals surface area contributed by atoms with Crippen molar-refractivity contribution in [3.05, 3.63) is 58.5 Å². The van der Waals surface area contributed by atoms with Gasteiger partial charge in [-0.2, -0.15) is 13.2 Å². The van der Waals surface area contributed by atoms with E-state index >= 15 is 0 Å². The maximum Gasteiger partial charge on any atom is 0.446 e. The number of nitrogens with one attached hydrogen (secondary N) is 2. The molecule has 0 saturated carbocycles. The van der Waals surface area contributed by atoms with Crippen molar-refractivity contribution in [3.63, 3.8) is 0 Å². The van der Waals surface area contributed by atoms with E-state index in [1.807, 2.05) is 0 Å². The van der Waals surface area contributed by atoms with Crippen LogP contribution in [0.5, 0.6) is 0 Å². The molecule has 1 amide bonds. The van der Waals surface area contributed by atoms with E-state index in [9.17, 15) is 22.8 Å². The van der Waals surface area contributed by atoms with Crippen LogP contribution in [0.15, 0.2) is 52.4 Å². The summed E-state index contributed by atoms with van der Waals surface area (Å²) in [7, 11) is 0. The number of aromatic amines is 1. The highest BCUT2D eigenvalue weighted by Gasteiger charge is 2.30. The number of thioether (sulfide) groups is 1. The molecule has 2 N–H and O–H groups in total. The highest BCUT2D eigenvalue weighted by molar-refractivity contribution is 8.00. The Balaban J connectivity index is 2.26. The van der Waals surface area contributed by atoms with Gasteiger partial charge in [0.05, 0.1) is 5.69 Å². The zero-order chi connectivity index (χ0) is 15.5. The highest BCUT2D eigenvalue weighted by atomic mass is 32.2. The number of hydrogen-bond acceptors (Lipinski definition) is 3. The smallest absolute Gasteiger partial charge is 0.367 e. The Morgan fingerprint density at radius 1 is 1.19 bits per heavy atom. The van der Waals surface area contributed by atoms with Crippen molar-refractivity contribution in [2.75, 3.05) is 5.32 Å². The number of anilines is 1. The molecule has 1 aromatic carbocycles. The Morgan fingerprint density at radius 2 is 1.90 bits per heavy atom. The summed E-state index contributed by atoms with van der Waals surface area (Å²) < 4.78 is 37.3. The minimum Gasteiger partial charge on any atom is -0.367 e. The maximum atomic E-state index is 12.4. The summed E-state index contributed by atoms with van der Waals surface area (Å²) in [6, 6.07) is 6.65. The third kappa shape index (κ3) is 4.12. The lowest BCUT2D eigenvalue weighted by atomic mass is 10.2. The summed E-state index contributed by atoms with van der Waals surface area (Å²) in [5.41, 5.74) is -5.17. The van der Waals surface area contributed by atoms with Crippen molar-refractivity contribution in [2.45, 2.75) is 10.4 Å². The minimum absolute atomic E-state index is 0.00641. The van der Waals surface area contributed by atoms with Gasteiger partial charge in [-0.25, -0.2) is 0 Å². The first-order chi connectivity index (χ1) is 9.87. The molecule has 1 heterocycles. The van der Waals surface area contributed by atoms with Crippen LogP contribution in [0.4, 0.5) is 18.9 Å². The first-order valence-electron chi connectivity index (χ1n) is 5.70. The van der Waals surface area contributed by atoms with Gasteiger partial charge < -0.3 is 10.3 Å². The molecule has 0 bridgehead atoms. The molecule has 0 radical (unpaired) electrons. The quantitative estimate of drug-likeness (QED) is 0.855. The molecular weight excluding hydrogens is 305 g/mol. The first kappa shape index (κ1) is 15.2. The molecule has 110 valence electrons. The number of hydrogen-bond donors (Lipinski definition) is 2. The van der Waals surface area contributed by atoms with Crippen LogP contribution in [-0.4, -0.2) is 16.4 Å². The molecule has 0 fully saturated rings. The second kappa shape index (κ2) is 6.04. The molecule has 0 atom stereocenters. The van der Waals surface area contributed by atoms with Crippen molar-refractivity contribution >= 4 is 23.4 Å². The van der Waals surface area contributed by atoms with Crippen molar-refractivity contribution in [1.82, 2.24) is 4.98 Å². The van der Waals surface area contributed by atoms with Crippen LogP contribution in [0, 0.1) is 0 Å². The number of carbonyl (C=O) groups excluding carboxylic acids is 1. The minimum atomic E-state index is -4.47. The monoisotopic (exact) mass is 314 g/mol. The van der Waals surface area contributed by atoms with Gasteiger partial charge in [-0.15, -0.1) is 0 Å². The Kier molecular flexibility index (Phi) is 4.37. The SMILES string of the molecule is O=C(Nc1ccccc1SC(F)(F)F)c1c[nH]ccc1=O. The van der Waals surface area contributed by atoms with E-state index in [1.165, 1.54) is 36.7 Å². The number of amides is 1. The first-order valence-corrected chi connectivity index (χ1v) is 6.52. The number of pyridine rings is 1. The third-order valence-electron chi connectivity index (χ3n) is 2.43. The van der Waals surface area contributed by atoms with Gasteiger partial charge in [0.2, 0.25) is 0 Å². The zero-order valence-electron chi connectivity index (χ0n) is 10.4. The van der Waals surface area contributed by atoms with Gasteiger partial charge >= 0.3 is 5.51 Å². The van der Waals surface area contributed by atoms with Crippen LogP contribution < -0.4 is 10.7 Å². The number of benzene rings is 1. The maximum absolute atomic E-state index is 12.4. The van der Waals surface area contributed by atoms with Crippen LogP contribution in [0.25, 0.3) is 0 Å². The number of H-pyrrole nitrogens is 1. The Morgan fingerprint density at radius 3 is 2.57 bits per heavy atom. The molecule has 4 nitrogen and oxygen atoms in total. The summed E-state index contributed by atoms with van der Waals surface area (Å²) in [6.45, 7) is 0. The number of aromatic nitrogens is 1. The standard InChI is InChI=1S/C13H9F3N2O2S/c14-13(15,16)21-11-4-2-1-3-9(11)18-12(20)8-7-17-6-5-10(8)19/h1-7H,(H,17,19)(H,18,20). The Labute approximate surface area is 121 Å². The molecule has 21 heavy (non-hydrogen) atoms. The van der Waals surface area contributed by atoms with Gasteiger partial charge in [0.25, 0.3) is 5.91 Å². The van der Waals surface area contributed by atoms with Crippen molar-refractivity contribution < 1.29 is 18.0 Å². The van der Waals surface area contributed by atoms with Crippen LogP contribution in [0.1, 0.15) is 10.4 Å². The Hall–Kier alpha value is -2.22. The van der Waals surface area contributed by atoms with E-state index < -0.39 is 16.8 Å². The summed E-state index contributed by atoms with van der Waals surface area (Å²) in [4.78, 5) is 25.9. The summed E-state index contributed by atoms with van der Waals surface area (Å²) in [6.07, 6.45) is 2.55. The average molecular weight is 314 g/mol. The number of para-hydroxylation sites is 1. The fourth-order valence-corrected chi connectivity index (χ4v) is 2.19. The molecule has 0 saturated heterocycles. The van der Waals surface area contributed by atoms with Crippen molar-refractivity contribution in [3.8, 4) is 0 Å². The van der Waals surface area contributed by atoms with E-state index in [2.05, 4.69) is 10.3 Å². The fourth-order valence-electron chi connectivity index (χ4n) is 1.57. The van der Waals surface area contributed by atoms with Crippen LogP contribution in [-0.2, 0) is 0 Å². The van der Waals surface area contributed by atoms with Gasteiger partial charge in [-0.3, -0.25) is 9.59 Å².